The Bertz CT molecular complexity index is 652. The summed E-state index contributed by atoms with van der Waals surface area (Å²) in [6.07, 6.45) is 0.957. The number of carbonyl (C=O) groups is 1. The summed E-state index contributed by atoms with van der Waals surface area (Å²) in [6.45, 7) is 3.78. The van der Waals surface area contributed by atoms with Gasteiger partial charge in [-0.2, -0.15) is 0 Å². The molecule has 0 radical (unpaired) electrons. The van der Waals surface area contributed by atoms with Crippen molar-refractivity contribution in [2.24, 2.45) is 10.9 Å². The summed E-state index contributed by atoms with van der Waals surface area (Å²) in [5, 5.41) is 6.26. The van der Waals surface area contributed by atoms with E-state index in [2.05, 4.69) is 15.6 Å². The van der Waals surface area contributed by atoms with Crippen molar-refractivity contribution in [3.8, 4) is 0 Å². The second-order valence-corrected chi connectivity index (χ2v) is 6.60. The predicted molar refractivity (Wildman–Crippen MR) is 111 cm³/mol. The molecule has 0 aromatic heterocycles. The Morgan fingerprint density at radius 3 is 2.74 bits per heavy atom. The molecule has 0 saturated carbocycles. The van der Waals surface area contributed by atoms with Gasteiger partial charge in [0.05, 0.1) is 12.6 Å². The SMILES string of the molecule is CC(NC(=NCC(=O)N(C)C)NCC1CCOC1)c1ccc(F)cc1F.I. The second-order valence-electron chi connectivity index (χ2n) is 6.60. The minimum Gasteiger partial charge on any atom is -0.381 e. The maximum Gasteiger partial charge on any atom is 0.243 e. The molecule has 2 N–H and O–H groups in total. The normalized spacial score (nSPS) is 17.8. The molecule has 6 nitrogen and oxygen atoms in total. The van der Waals surface area contributed by atoms with Crippen LogP contribution < -0.4 is 10.6 Å². The average Bonchev–Trinajstić information content (AvgIpc) is 3.10. The lowest BCUT2D eigenvalue weighted by Crippen LogP contribution is -2.42. The molecule has 2 unspecified atom stereocenters. The Labute approximate surface area is 175 Å². The van der Waals surface area contributed by atoms with E-state index in [4.69, 9.17) is 4.74 Å². The number of amides is 1. The number of likely N-dealkylation sites (N-methyl/N-ethyl adjacent to an activating group) is 1. The van der Waals surface area contributed by atoms with Crippen molar-refractivity contribution in [3.63, 3.8) is 0 Å². The standard InChI is InChI=1S/C18H26F2N4O2.HI/c1-12(15-5-4-14(19)8-16(15)20)23-18(22-10-17(25)24(2)3)21-9-13-6-7-26-11-13;/h4-5,8,12-13H,6-7,9-11H2,1-3H3,(H2,21,22,23);1H. The van der Waals surface area contributed by atoms with Gasteiger partial charge in [-0.15, -0.1) is 24.0 Å². The molecule has 1 aliphatic heterocycles. The summed E-state index contributed by atoms with van der Waals surface area (Å²) < 4.78 is 32.4. The van der Waals surface area contributed by atoms with Crippen LogP contribution in [0.15, 0.2) is 23.2 Å². The maximum atomic E-state index is 14.0. The van der Waals surface area contributed by atoms with Crippen LogP contribution >= 0.6 is 24.0 Å². The Hall–Kier alpha value is -1.49. The zero-order chi connectivity index (χ0) is 19.1. The van der Waals surface area contributed by atoms with E-state index in [0.717, 1.165) is 19.1 Å². The Balaban J connectivity index is 0.00000364. The zero-order valence-corrected chi connectivity index (χ0v) is 18.1. The van der Waals surface area contributed by atoms with Crippen LogP contribution in [0.25, 0.3) is 0 Å². The maximum absolute atomic E-state index is 14.0. The van der Waals surface area contributed by atoms with Crippen LogP contribution in [-0.2, 0) is 9.53 Å². The second kappa shape index (κ2) is 11.4. The molecule has 2 atom stereocenters. The van der Waals surface area contributed by atoms with Gasteiger partial charge >= 0.3 is 0 Å². The molecular weight excluding hydrogens is 469 g/mol. The Morgan fingerprint density at radius 2 is 2.15 bits per heavy atom. The van der Waals surface area contributed by atoms with Crippen molar-refractivity contribution in [2.45, 2.75) is 19.4 Å². The summed E-state index contributed by atoms with van der Waals surface area (Å²) in [5.41, 5.74) is 0.323. The molecule has 0 spiro atoms. The molecule has 1 fully saturated rings. The van der Waals surface area contributed by atoms with Crippen LogP contribution in [-0.4, -0.2) is 57.2 Å². The fourth-order valence-electron chi connectivity index (χ4n) is 2.56. The Kier molecular flexibility index (Phi) is 9.92. The molecule has 2 rings (SSSR count). The van der Waals surface area contributed by atoms with Crippen LogP contribution in [0.2, 0.25) is 0 Å². The first-order valence-corrected chi connectivity index (χ1v) is 8.64. The third-order valence-electron chi connectivity index (χ3n) is 4.24. The van der Waals surface area contributed by atoms with Crippen molar-refractivity contribution < 1.29 is 18.3 Å². The number of hydrogen-bond acceptors (Lipinski definition) is 3. The smallest absolute Gasteiger partial charge is 0.243 e. The van der Waals surface area contributed by atoms with Crippen molar-refractivity contribution in [2.75, 3.05) is 40.4 Å². The van der Waals surface area contributed by atoms with Crippen LogP contribution in [0, 0.1) is 17.6 Å². The molecule has 1 saturated heterocycles. The molecule has 152 valence electrons. The van der Waals surface area contributed by atoms with Gasteiger partial charge in [0.1, 0.15) is 18.2 Å². The number of ether oxygens (including phenoxy) is 1. The highest BCUT2D eigenvalue weighted by atomic mass is 127. The van der Waals surface area contributed by atoms with Crippen LogP contribution in [0.5, 0.6) is 0 Å². The lowest BCUT2D eigenvalue weighted by Gasteiger charge is -2.20. The topological polar surface area (TPSA) is 66.0 Å². The van der Waals surface area contributed by atoms with Gasteiger partial charge in [0, 0.05) is 44.8 Å². The van der Waals surface area contributed by atoms with E-state index in [1.54, 1.807) is 21.0 Å². The van der Waals surface area contributed by atoms with E-state index in [1.807, 2.05) is 0 Å². The molecule has 0 aliphatic carbocycles. The molecular formula is C18H27F2IN4O2. The number of hydrogen-bond donors (Lipinski definition) is 2. The van der Waals surface area contributed by atoms with Crippen molar-refractivity contribution in [3.05, 3.63) is 35.4 Å². The van der Waals surface area contributed by atoms with E-state index in [1.165, 1.54) is 17.0 Å². The van der Waals surface area contributed by atoms with Gasteiger partial charge in [0.2, 0.25) is 5.91 Å². The van der Waals surface area contributed by atoms with Gasteiger partial charge in [0.15, 0.2) is 5.96 Å². The summed E-state index contributed by atoms with van der Waals surface area (Å²) in [7, 11) is 3.32. The van der Waals surface area contributed by atoms with Gasteiger partial charge in [0.25, 0.3) is 0 Å². The number of nitrogens with zero attached hydrogens (tertiary/aromatic N) is 2. The molecule has 1 heterocycles. The molecule has 1 aromatic rings. The molecule has 1 amide bonds. The minimum atomic E-state index is -0.627. The Morgan fingerprint density at radius 1 is 1.41 bits per heavy atom. The first-order chi connectivity index (χ1) is 12.4. The van der Waals surface area contributed by atoms with Gasteiger partial charge in [-0.1, -0.05) is 6.07 Å². The fourth-order valence-corrected chi connectivity index (χ4v) is 2.56. The molecule has 9 heteroatoms. The highest BCUT2D eigenvalue weighted by Crippen LogP contribution is 2.17. The van der Waals surface area contributed by atoms with Crippen molar-refractivity contribution >= 4 is 35.8 Å². The summed E-state index contributed by atoms with van der Waals surface area (Å²) in [4.78, 5) is 17.5. The van der Waals surface area contributed by atoms with Gasteiger partial charge in [-0.05, 0) is 19.4 Å². The number of guanidine groups is 1. The highest BCUT2D eigenvalue weighted by Gasteiger charge is 2.18. The highest BCUT2D eigenvalue weighted by molar-refractivity contribution is 14.0. The number of benzene rings is 1. The van der Waals surface area contributed by atoms with E-state index in [0.29, 0.717) is 30.6 Å². The number of nitrogens with one attached hydrogen (secondary N) is 2. The van der Waals surface area contributed by atoms with E-state index in [9.17, 15) is 13.6 Å². The fraction of sp³-hybridized carbons (Fsp3) is 0.556. The third-order valence-corrected chi connectivity index (χ3v) is 4.24. The predicted octanol–water partition coefficient (Wildman–Crippen LogP) is 2.30. The molecule has 1 aliphatic rings. The zero-order valence-electron chi connectivity index (χ0n) is 15.8. The van der Waals surface area contributed by atoms with Crippen LogP contribution in [0.3, 0.4) is 0 Å². The first-order valence-electron chi connectivity index (χ1n) is 8.64. The van der Waals surface area contributed by atoms with Gasteiger partial charge < -0.3 is 20.3 Å². The van der Waals surface area contributed by atoms with E-state index < -0.39 is 17.7 Å². The van der Waals surface area contributed by atoms with Crippen LogP contribution in [0.1, 0.15) is 24.9 Å². The number of rotatable bonds is 6. The summed E-state index contributed by atoms with van der Waals surface area (Å²) in [6, 6.07) is 3.02. The van der Waals surface area contributed by atoms with Crippen molar-refractivity contribution in [1.29, 1.82) is 0 Å². The summed E-state index contributed by atoms with van der Waals surface area (Å²) in [5.74, 6) is -0.621. The molecule has 27 heavy (non-hydrogen) atoms. The van der Waals surface area contributed by atoms with Crippen LogP contribution in [0.4, 0.5) is 8.78 Å². The molecule has 1 aromatic carbocycles. The van der Waals surface area contributed by atoms with Gasteiger partial charge in [-0.3, -0.25) is 4.79 Å². The minimum absolute atomic E-state index is 0. The quantitative estimate of drug-likeness (QED) is 0.361. The van der Waals surface area contributed by atoms with Crippen molar-refractivity contribution in [1.82, 2.24) is 15.5 Å². The largest absolute Gasteiger partial charge is 0.381 e. The van der Waals surface area contributed by atoms with E-state index in [-0.39, 0.29) is 36.4 Å². The third kappa shape index (κ3) is 7.57. The average molecular weight is 496 g/mol. The lowest BCUT2D eigenvalue weighted by molar-refractivity contribution is -0.127. The van der Waals surface area contributed by atoms with E-state index >= 15 is 0 Å². The monoisotopic (exact) mass is 496 g/mol. The number of carbonyl (C=O) groups excluding carboxylic acids is 1. The first kappa shape index (κ1) is 23.5. The number of aliphatic imine (C=N–C) groups is 1. The molecule has 0 bridgehead atoms. The van der Waals surface area contributed by atoms with Gasteiger partial charge in [-0.25, -0.2) is 13.8 Å². The lowest BCUT2D eigenvalue weighted by atomic mass is 10.1. The summed E-state index contributed by atoms with van der Waals surface area (Å²) >= 11 is 0. The number of halogens is 3.